The number of nitrogens with one attached hydrogen (secondary N) is 2. The lowest BCUT2D eigenvalue weighted by atomic mass is 10.3. The minimum Gasteiger partial charge on any atom is -0.393 e. The lowest BCUT2D eigenvalue weighted by Crippen LogP contribution is -2.28. The minimum atomic E-state index is -0.248. The smallest absolute Gasteiger partial charge is 0.225 e. The number of rotatable bonds is 14. The normalized spacial score (nSPS) is 10.8. The molecule has 0 aliphatic carbocycles. The molecule has 18 heteroatoms. The number of aliphatic hydroxyl groups is 2. The van der Waals surface area contributed by atoms with Crippen LogP contribution in [0.5, 0.6) is 0 Å². The largest absolute Gasteiger partial charge is 0.393 e. The van der Waals surface area contributed by atoms with Gasteiger partial charge in [-0.2, -0.15) is 0 Å². The van der Waals surface area contributed by atoms with Gasteiger partial charge in [0.05, 0.1) is 12.2 Å². The third kappa shape index (κ3) is 44.9. The van der Waals surface area contributed by atoms with E-state index < -0.39 is 0 Å². The topological polar surface area (TPSA) is 234 Å². The van der Waals surface area contributed by atoms with Gasteiger partial charge in [0.15, 0.2) is 0 Å². The number of aryl methyl sites for hydroxylation is 2. The summed E-state index contributed by atoms with van der Waals surface area (Å²) < 4.78 is 3.62. The average molecular weight is 616 g/mol. The number of hydrazine groups is 1. The van der Waals surface area contributed by atoms with Gasteiger partial charge in [0.1, 0.15) is 43.8 Å². The highest BCUT2D eigenvalue weighted by Gasteiger charge is 1.95. The molecule has 2 amide bonds. The van der Waals surface area contributed by atoms with E-state index in [9.17, 15) is 14.4 Å². The van der Waals surface area contributed by atoms with Crippen LogP contribution in [0, 0.1) is 0 Å². The number of hydrogen-bond acceptors (Lipinski definition) is 12. The van der Waals surface area contributed by atoms with Crippen molar-refractivity contribution in [1.29, 1.82) is 0 Å². The first-order chi connectivity index (χ1) is 19.9. The summed E-state index contributed by atoms with van der Waals surface area (Å²) in [6.07, 6.45) is 12.0. The highest BCUT2D eigenvalue weighted by Crippen LogP contribution is 1.93. The molecule has 2 atom stereocenters. The molecule has 248 valence electrons. The van der Waals surface area contributed by atoms with E-state index in [1.54, 1.807) is 63.3 Å². The summed E-state index contributed by atoms with van der Waals surface area (Å²) in [6.45, 7) is 7.12. The summed E-state index contributed by atoms with van der Waals surface area (Å²) in [5.74, 6) is 0.189. The molecule has 0 saturated carbocycles. The molecule has 2 aromatic rings. The second kappa shape index (κ2) is 33.9. The average Bonchev–Trinajstić information content (AvgIpc) is 3.63. The fourth-order valence-electron chi connectivity index (χ4n) is 1.87. The van der Waals surface area contributed by atoms with Crippen LogP contribution in [-0.4, -0.2) is 128 Å². The molecule has 0 aliphatic rings. The summed E-state index contributed by atoms with van der Waals surface area (Å²) in [5, 5.41) is 39.3. The number of nitrogens with zero attached hydrogens (tertiary/aromatic N) is 10. The van der Waals surface area contributed by atoms with Crippen LogP contribution in [0.2, 0.25) is 0 Å². The number of Topliss-reactive ketones (excluding diaryl/α,β-unsaturated/α-hetero) is 1. The summed E-state index contributed by atoms with van der Waals surface area (Å²) in [5.41, 5.74) is 8.87. The van der Waals surface area contributed by atoms with E-state index in [0.717, 1.165) is 13.0 Å². The Labute approximate surface area is 255 Å². The summed E-state index contributed by atoms with van der Waals surface area (Å²) >= 11 is 0. The van der Waals surface area contributed by atoms with Crippen molar-refractivity contribution in [2.45, 2.75) is 72.8 Å². The van der Waals surface area contributed by atoms with E-state index in [0.29, 0.717) is 38.8 Å². The van der Waals surface area contributed by atoms with Gasteiger partial charge in [-0.25, -0.2) is 0 Å². The minimum absolute atomic E-state index is 0. The van der Waals surface area contributed by atoms with Crippen LogP contribution in [0.25, 0.3) is 0 Å². The Hall–Kier alpha value is -4.29. The molecular weight excluding hydrogens is 562 g/mol. The third-order valence-electron chi connectivity index (χ3n) is 3.88. The maximum Gasteiger partial charge on any atom is 0.225 e. The van der Waals surface area contributed by atoms with Gasteiger partial charge in [-0.3, -0.25) is 25.2 Å². The first-order valence-corrected chi connectivity index (χ1v) is 12.9. The van der Waals surface area contributed by atoms with Crippen molar-refractivity contribution in [1.82, 2.24) is 50.2 Å². The number of nitrogens with two attached hydrogens (primary N) is 1. The molecule has 2 unspecified atom stereocenters. The zero-order valence-corrected chi connectivity index (χ0v) is 25.7. The molecular formula is C25H53N13O5. The lowest BCUT2D eigenvalue weighted by molar-refractivity contribution is -0.117. The highest BCUT2D eigenvalue weighted by atomic mass is 16.3. The monoisotopic (exact) mass is 615 g/mol. The van der Waals surface area contributed by atoms with Gasteiger partial charge >= 0.3 is 0 Å². The van der Waals surface area contributed by atoms with Gasteiger partial charge in [-0.05, 0) is 40.2 Å². The molecule has 0 aromatic carbocycles. The molecule has 6 N–H and O–H groups in total. The Bertz CT molecular complexity index is 881. The molecule has 0 saturated heterocycles. The fourth-order valence-corrected chi connectivity index (χ4v) is 1.87. The van der Waals surface area contributed by atoms with E-state index in [-0.39, 0.29) is 25.4 Å². The Kier molecular flexibility index (Phi) is 36.0. The van der Waals surface area contributed by atoms with Crippen molar-refractivity contribution in [2.24, 2.45) is 15.9 Å². The second-order valence-corrected chi connectivity index (χ2v) is 8.83. The number of aromatic nitrogens is 6. The van der Waals surface area contributed by atoms with E-state index in [2.05, 4.69) is 30.6 Å². The van der Waals surface area contributed by atoms with Crippen LogP contribution in [0.4, 0.5) is 0 Å². The third-order valence-corrected chi connectivity index (χ3v) is 3.88. The Balaban J connectivity index is -0.000000224. The van der Waals surface area contributed by atoms with Crippen LogP contribution in [0.15, 0.2) is 35.5 Å². The number of carbonyl (C=O) groups excluding carboxylic acids is 3. The molecule has 2 heterocycles. The van der Waals surface area contributed by atoms with Crippen molar-refractivity contribution in [3.8, 4) is 0 Å². The standard InChI is InChI=1S/C6H14N4.C6H11N3O.C6H9N3O.C4H11NO.C2H4N2O2.CH4/c1-9(2)5-7-8-6-10(3)4;2*1-6(10)2-3-9-4-7-8-5-9;1-4(6)2-3-5;5-1-3-4-2-6;/h5-6H,1-4H3;4-6,10H,2-3H2,1H3;4-5H,2-3H2,1H3;4,6H,2-3,5H2,1H3;1-2H,(H,3,5)(H,4,6);1H4/b7-5+,8-6+;;;;;. The molecule has 0 spiro atoms. The SMILES string of the molecule is C.CC(=O)CCn1cnnc1.CC(O)CCN.CC(O)CCn1cnnc1.CN(C)/C=N/N=C/N(C)C.O=CNNC=O. The van der Waals surface area contributed by atoms with Gasteiger partial charge < -0.3 is 34.9 Å². The molecule has 43 heavy (non-hydrogen) atoms. The van der Waals surface area contributed by atoms with Gasteiger partial charge in [-0.15, -0.1) is 30.6 Å². The summed E-state index contributed by atoms with van der Waals surface area (Å²) in [7, 11) is 7.59. The zero-order chi connectivity index (χ0) is 32.6. The van der Waals surface area contributed by atoms with Gasteiger partial charge in [0.25, 0.3) is 0 Å². The van der Waals surface area contributed by atoms with E-state index in [4.69, 9.17) is 15.9 Å². The number of aliphatic hydroxyl groups excluding tert-OH is 2. The van der Waals surface area contributed by atoms with Crippen molar-refractivity contribution in [3.63, 3.8) is 0 Å². The van der Waals surface area contributed by atoms with Crippen molar-refractivity contribution in [3.05, 3.63) is 25.3 Å². The molecule has 18 nitrogen and oxygen atoms in total. The first kappa shape index (κ1) is 45.7. The molecule has 2 aromatic heterocycles. The maximum absolute atomic E-state index is 10.5. The van der Waals surface area contributed by atoms with E-state index >= 15 is 0 Å². The van der Waals surface area contributed by atoms with Crippen LogP contribution < -0.4 is 16.6 Å². The maximum atomic E-state index is 10.5. The Morgan fingerprint density at radius 3 is 1.47 bits per heavy atom. The van der Waals surface area contributed by atoms with Crippen molar-refractivity contribution < 1.29 is 24.6 Å². The molecule has 0 fully saturated rings. The Morgan fingerprint density at radius 1 is 0.837 bits per heavy atom. The molecule has 2 rings (SSSR count). The number of carbonyl (C=O) groups is 3. The zero-order valence-electron chi connectivity index (χ0n) is 25.7. The number of hydrogen-bond donors (Lipinski definition) is 5. The number of ketones is 1. The fraction of sp³-hybridized carbons (Fsp3) is 0.640. The quantitative estimate of drug-likeness (QED) is 0.0574. The van der Waals surface area contributed by atoms with Gasteiger partial charge in [0, 0.05) is 47.7 Å². The summed E-state index contributed by atoms with van der Waals surface area (Å²) in [4.78, 5) is 32.6. The van der Waals surface area contributed by atoms with Gasteiger partial charge in [0.2, 0.25) is 12.8 Å². The van der Waals surface area contributed by atoms with Crippen LogP contribution in [-0.2, 0) is 27.5 Å². The van der Waals surface area contributed by atoms with Crippen LogP contribution >= 0.6 is 0 Å². The lowest BCUT2D eigenvalue weighted by Gasteiger charge is -2.02. The predicted octanol–water partition coefficient (Wildman–Crippen LogP) is -0.867. The second-order valence-electron chi connectivity index (χ2n) is 8.83. The van der Waals surface area contributed by atoms with E-state index in [1.807, 2.05) is 53.4 Å². The van der Waals surface area contributed by atoms with Crippen molar-refractivity contribution >= 4 is 31.3 Å². The highest BCUT2D eigenvalue weighted by molar-refractivity contribution is 5.75. The van der Waals surface area contributed by atoms with Crippen molar-refractivity contribution in [2.75, 3.05) is 34.7 Å². The first-order valence-electron chi connectivity index (χ1n) is 12.9. The number of amides is 2. The van der Waals surface area contributed by atoms with Crippen LogP contribution in [0.3, 0.4) is 0 Å². The molecule has 0 bridgehead atoms. The van der Waals surface area contributed by atoms with Gasteiger partial charge in [-0.1, -0.05) is 7.43 Å². The Morgan fingerprint density at radius 2 is 1.21 bits per heavy atom. The molecule has 0 aliphatic heterocycles. The van der Waals surface area contributed by atoms with E-state index in [1.165, 1.54) is 0 Å². The predicted molar refractivity (Wildman–Crippen MR) is 166 cm³/mol. The van der Waals surface area contributed by atoms with Crippen LogP contribution in [0.1, 0.15) is 47.5 Å². The summed E-state index contributed by atoms with van der Waals surface area (Å²) in [6, 6.07) is 0. The molecule has 0 radical (unpaired) electrons.